The molecule has 0 saturated carbocycles. The van der Waals surface area contributed by atoms with Crippen LogP contribution in [0.1, 0.15) is 5.56 Å². The number of aliphatic hydroxyl groups is 1. The van der Waals surface area contributed by atoms with Crippen LogP contribution in [0.3, 0.4) is 0 Å². The first-order valence-corrected chi connectivity index (χ1v) is 8.20. The predicted molar refractivity (Wildman–Crippen MR) is 97.3 cm³/mol. The van der Waals surface area contributed by atoms with Crippen molar-refractivity contribution in [3.05, 3.63) is 71.8 Å². The lowest BCUT2D eigenvalue weighted by atomic mass is 10.1. The summed E-state index contributed by atoms with van der Waals surface area (Å²) in [6.45, 7) is 3.96. The molecule has 0 aliphatic carbocycles. The second-order valence-corrected chi connectivity index (χ2v) is 5.81. The maximum absolute atomic E-state index is 13.9. The average Bonchev–Trinajstić information content (AvgIpc) is 3.05. The third kappa shape index (κ3) is 4.50. The Labute approximate surface area is 159 Å². The van der Waals surface area contributed by atoms with Crippen molar-refractivity contribution in [1.82, 2.24) is 19.7 Å². The van der Waals surface area contributed by atoms with Crippen molar-refractivity contribution in [2.75, 3.05) is 17.2 Å². The zero-order valence-corrected chi connectivity index (χ0v) is 14.7. The summed E-state index contributed by atoms with van der Waals surface area (Å²) < 4.78 is 29.3. The van der Waals surface area contributed by atoms with Crippen LogP contribution in [-0.2, 0) is 6.54 Å². The quantitative estimate of drug-likeness (QED) is 0.572. The third-order valence-electron chi connectivity index (χ3n) is 3.49. The summed E-state index contributed by atoms with van der Waals surface area (Å²) in [4.78, 5) is 8.21. The minimum atomic E-state index is -0.759. The van der Waals surface area contributed by atoms with Gasteiger partial charge in [-0.15, -0.1) is 0 Å². The van der Waals surface area contributed by atoms with Crippen molar-refractivity contribution in [1.29, 1.82) is 0 Å². The van der Waals surface area contributed by atoms with E-state index >= 15 is 0 Å². The van der Waals surface area contributed by atoms with Crippen molar-refractivity contribution < 1.29 is 13.9 Å². The van der Waals surface area contributed by atoms with Crippen LogP contribution >= 0.6 is 11.6 Å². The van der Waals surface area contributed by atoms with E-state index in [1.807, 2.05) is 0 Å². The monoisotopic (exact) mass is 392 g/mol. The van der Waals surface area contributed by atoms with Gasteiger partial charge in [0.2, 0.25) is 5.95 Å². The molecule has 0 fully saturated rings. The molecule has 0 bridgehead atoms. The Bertz CT molecular complexity index is 915. The molecule has 3 rings (SSSR count). The molecule has 2 aromatic heterocycles. The fraction of sp³-hybridized carbons (Fsp3) is 0.118. The summed E-state index contributed by atoms with van der Waals surface area (Å²) in [5.41, 5.74) is -0.301. The number of anilines is 3. The molecule has 140 valence electrons. The summed E-state index contributed by atoms with van der Waals surface area (Å²) in [6.07, 6.45) is 3.01. The molecule has 7 nitrogen and oxygen atoms in total. The van der Waals surface area contributed by atoms with Crippen LogP contribution in [0.25, 0.3) is 0 Å². The standard InChI is InChI=1S/C17H15ClF2N6O/c1-10(15-12(19)3-2-4-13(15)20)22-16-11(18)9-21-17(24-16)23-14-5-6-26(25-14)7-8-27/h2-6,9,27H,1,7-8H2,(H2,21,22,23,24,25). The van der Waals surface area contributed by atoms with E-state index in [4.69, 9.17) is 16.7 Å². The second-order valence-electron chi connectivity index (χ2n) is 5.40. The number of nitrogens with one attached hydrogen (secondary N) is 2. The first-order chi connectivity index (χ1) is 13.0. The van der Waals surface area contributed by atoms with Crippen LogP contribution in [0.2, 0.25) is 5.02 Å². The third-order valence-corrected chi connectivity index (χ3v) is 3.76. The molecule has 1 aromatic carbocycles. The van der Waals surface area contributed by atoms with Gasteiger partial charge in [-0.3, -0.25) is 4.68 Å². The largest absolute Gasteiger partial charge is 0.394 e. The number of benzene rings is 1. The lowest BCUT2D eigenvalue weighted by molar-refractivity contribution is 0.269. The Hall–Kier alpha value is -2.78. The van der Waals surface area contributed by atoms with Crippen molar-refractivity contribution in [3.8, 4) is 0 Å². The Morgan fingerprint density at radius 2 is 2.00 bits per heavy atom. The molecule has 2 radical (unpaired) electrons. The molecule has 0 aliphatic heterocycles. The van der Waals surface area contributed by atoms with Crippen LogP contribution in [-0.4, -0.2) is 31.5 Å². The van der Waals surface area contributed by atoms with E-state index in [0.717, 1.165) is 12.1 Å². The summed E-state index contributed by atoms with van der Waals surface area (Å²) in [6, 6.07) is 5.15. The van der Waals surface area contributed by atoms with E-state index in [2.05, 4.69) is 32.6 Å². The molecule has 0 unspecified atom stereocenters. The average molecular weight is 393 g/mol. The minimum absolute atomic E-state index is 0.0376. The molecule has 10 heteroatoms. The van der Waals surface area contributed by atoms with E-state index in [1.165, 1.54) is 12.3 Å². The maximum Gasteiger partial charge on any atom is 0.230 e. The maximum atomic E-state index is 13.9. The van der Waals surface area contributed by atoms with Gasteiger partial charge in [-0.25, -0.2) is 13.8 Å². The molecule has 3 aromatic rings. The van der Waals surface area contributed by atoms with Gasteiger partial charge in [-0.05, 0) is 19.1 Å². The van der Waals surface area contributed by atoms with E-state index in [0.29, 0.717) is 12.4 Å². The number of hydrogen-bond donors (Lipinski definition) is 3. The van der Waals surface area contributed by atoms with Crippen molar-refractivity contribution in [2.24, 2.45) is 0 Å². The lowest BCUT2D eigenvalue weighted by Crippen LogP contribution is -2.14. The van der Waals surface area contributed by atoms with Crippen molar-refractivity contribution in [2.45, 2.75) is 6.54 Å². The van der Waals surface area contributed by atoms with Crippen LogP contribution in [0.15, 0.2) is 36.7 Å². The highest BCUT2D eigenvalue weighted by Crippen LogP contribution is 2.27. The number of nitrogens with zero attached hydrogens (tertiary/aromatic N) is 4. The topological polar surface area (TPSA) is 87.9 Å². The molecule has 0 spiro atoms. The number of aliphatic hydroxyl groups excluding tert-OH is 1. The van der Waals surface area contributed by atoms with Crippen LogP contribution in [0, 0.1) is 24.6 Å². The fourth-order valence-electron chi connectivity index (χ4n) is 2.28. The Morgan fingerprint density at radius 3 is 2.70 bits per heavy atom. The molecule has 0 saturated heterocycles. The van der Waals surface area contributed by atoms with Crippen LogP contribution in [0.5, 0.6) is 0 Å². The summed E-state index contributed by atoms with van der Waals surface area (Å²) in [5.74, 6) is -0.777. The number of halogens is 3. The Kier molecular flexibility index (Phi) is 5.82. The second kappa shape index (κ2) is 8.28. The molecule has 27 heavy (non-hydrogen) atoms. The van der Waals surface area contributed by atoms with E-state index < -0.39 is 11.6 Å². The van der Waals surface area contributed by atoms with Gasteiger partial charge in [-0.2, -0.15) is 10.1 Å². The summed E-state index contributed by atoms with van der Waals surface area (Å²) in [5, 5.41) is 18.8. The molecule has 0 aliphatic rings. The molecule has 2 heterocycles. The van der Waals surface area contributed by atoms with E-state index in [-0.39, 0.29) is 35.0 Å². The van der Waals surface area contributed by atoms with E-state index in [1.54, 1.807) is 16.9 Å². The summed E-state index contributed by atoms with van der Waals surface area (Å²) >= 11 is 6.06. The molecule has 3 N–H and O–H groups in total. The van der Waals surface area contributed by atoms with Gasteiger partial charge in [0, 0.05) is 12.3 Å². The van der Waals surface area contributed by atoms with Gasteiger partial charge >= 0.3 is 0 Å². The fourth-order valence-corrected chi connectivity index (χ4v) is 2.41. The number of hydrogen-bond acceptors (Lipinski definition) is 6. The first kappa shape index (κ1) is 19.0. The highest BCUT2D eigenvalue weighted by atomic mass is 35.5. The van der Waals surface area contributed by atoms with Gasteiger partial charge in [-0.1, -0.05) is 17.7 Å². The number of aromatic nitrogens is 4. The van der Waals surface area contributed by atoms with Crippen molar-refractivity contribution in [3.63, 3.8) is 0 Å². The molecular formula is C17H15ClF2N6O. The van der Waals surface area contributed by atoms with Crippen LogP contribution < -0.4 is 10.6 Å². The smallest absolute Gasteiger partial charge is 0.230 e. The first-order valence-electron chi connectivity index (χ1n) is 7.82. The van der Waals surface area contributed by atoms with Crippen molar-refractivity contribution >= 4 is 29.2 Å². The van der Waals surface area contributed by atoms with Gasteiger partial charge in [0.25, 0.3) is 0 Å². The van der Waals surface area contributed by atoms with Gasteiger partial charge in [0.15, 0.2) is 11.6 Å². The molecule has 0 atom stereocenters. The zero-order valence-electron chi connectivity index (χ0n) is 14.0. The van der Waals surface area contributed by atoms with Gasteiger partial charge < -0.3 is 15.7 Å². The lowest BCUT2D eigenvalue weighted by Gasteiger charge is -2.16. The molecular weight excluding hydrogens is 378 g/mol. The normalized spacial score (nSPS) is 11.0. The SMILES string of the molecule is [CH2][C](Nc1nc(Nc2ccn(CCO)n2)ncc1Cl)c1c(F)cccc1F. The number of rotatable bonds is 7. The van der Waals surface area contributed by atoms with E-state index in [9.17, 15) is 8.78 Å². The van der Waals surface area contributed by atoms with Gasteiger partial charge in [0.1, 0.15) is 16.7 Å². The van der Waals surface area contributed by atoms with Gasteiger partial charge in [0.05, 0.1) is 31.0 Å². The predicted octanol–water partition coefficient (Wildman–Crippen LogP) is 3.17. The Morgan fingerprint density at radius 1 is 1.26 bits per heavy atom. The summed E-state index contributed by atoms with van der Waals surface area (Å²) in [7, 11) is 0. The highest BCUT2D eigenvalue weighted by molar-refractivity contribution is 6.32. The highest BCUT2D eigenvalue weighted by Gasteiger charge is 2.19. The minimum Gasteiger partial charge on any atom is -0.394 e. The Balaban J connectivity index is 1.78. The zero-order chi connectivity index (χ0) is 19.4. The molecule has 0 amide bonds. The van der Waals surface area contributed by atoms with Crippen LogP contribution in [0.4, 0.5) is 26.4 Å².